The number of hydrogen-bond acceptors (Lipinski definition) is 5. The van der Waals surface area contributed by atoms with Gasteiger partial charge in [-0.05, 0) is 0 Å². The summed E-state index contributed by atoms with van der Waals surface area (Å²) in [5.74, 6) is 1.91. The number of rotatable bonds is 4. The van der Waals surface area contributed by atoms with E-state index in [-0.39, 0.29) is 12.1 Å². The molecule has 1 aliphatic heterocycles. The van der Waals surface area contributed by atoms with Crippen molar-refractivity contribution in [3.8, 4) is 0 Å². The summed E-state index contributed by atoms with van der Waals surface area (Å²) in [6.45, 7) is 1.39. The van der Waals surface area contributed by atoms with Gasteiger partial charge in [0.25, 0.3) is 0 Å². The molecule has 0 aliphatic carbocycles. The van der Waals surface area contributed by atoms with E-state index in [0.29, 0.717) is 6.54 Å². The van der Waals surface area contributed by atoms with Crippen molar-refractivity contribution in [2.75, 3.05) is 24.6 Å². The summed E-state index contributed by atoms with van der Waals surface area (Å²) >= 11 is 3.50. The summed E-state index contributed by atoms with van der Waals surface area (Å²) in [5.41, 5.74) is 1.10. The Morgan fingerprint density at radius 2 is 2.45 bits per heavy atom. The number of nitrogens with zero attached hydrogens (tertiary/aromatic N) is 4. The monoisotopic (exact) mass is 337 g/mol. The van der Waals surface area contributed by atoms with Crippen molar-refractivity contribution < 1.29 is 4.79 Å². The molecular formula is C14H19N5OS2. The molecule has 1 atom stereocenters. The van der Waals surface area contributed by atoms with E-state index in [1.54, 1.807) is 22.2 Å². The predicted molar refractivity (Wildman–Crippen MR) is 89.2 cm³/mol. The minimum Gasteiger partial charge on any atom is -0.338 e. The fraction of sp³-hybridized carbons (Fsp3) is 0.500. The van der Waals surface area contributed by atoms with Crippen molar-refractivity contribution in [2.24, 2.45) is 7.05 Å². The van der Waals surface area contributed by atoms with Crippen molar-refractivity contribution in [3.05, 3.63) is 34.5 Å². The molecule has 1 unspecified atom stereocenters. The molecule has 8 heteroatoms. The van der Waals surface area contributed by atoms with Gasteiger partial charge in [0.15, 0.2) is 0 Å². The maximum atomic E-state index is 12.5. The average molecular weight is 337 g/mol. The molecule has 1 N–H and O–H groups in total. The van der Waals surface area contributed by atoms with Gasteiger partial charge in [-0.15, -0.1) is 11.3 Å². The summed E-state index contributed by atoms with van der Waals surface area (Å²) in [6.07, 6.45) is 6.42. The van der Waals surface area contributed by atoms with Gasteiger partial charge in [-0.3, -0.25) is 4.68 Å². The van der Waals surface area contributed by atoms with E-state index in [9.17, 15) is 4.79 Å². The molecule has 2 amide bonds. The van der Waals surface area contributed by atoms with Gasteiger partial charge < -0.3 is 10.2 Å². The zero-order chi connectivity index (χ0) is 15.4. The molecule has 2 aromatic rings. The van der Waals surface area contributed by atoms with Gasteiger partial charge >= 0.3 is 6.03 Å². The van der Waals surface area contributed by atoms with E-state index in [1.807, 2.05) is 41.5 Å². The van der Waals surface area contributed by atoms with E-state index in [4.69, 9.17) is 0 Å². The molecule has 1 aliphatic rings. The van der Waals surface area contributed by atoms with Crippen LogP contribution in [0.25, 0.3) is 0 Å². The lowest BCUT2D eigenvalue weighted by Gasteiger charge is -2.34. The van der Waals surface area contributed by atoms with E-state index in [0.717, 1.165) is 35.0 Å². The number of aryl methyl sites for hydroxylation is 1. The highest BCUT2D eigenvalue weighted by Gasteiger charge is 2.29. The van der Waals surface area contributed by atoms with Crippen LogP contribution in [-0.2, 0) is 13.5 Å². The summed E-state index contributed by atoms with van der Waals surface area (Å²) in [4.78, 5) is 18.6. The number of thioether (sulfide) groups is 1. The minimum absolute atomic E-state index is 0.00529. The number of amides is 2. The molecule has 22 heavy (non-hydrogen) atoms. The van der Waals surface area contributed by atoms with Crippen LogP contribution >= 0.6 is 23.1 Å². The third kappa shape index (κ3) is 3.61. The van der Waals surface area contributed by atoms with E-state index >= 15 is 0 Å². The maximum Gasteiger partial charge on any atom is 0.317 e. The smallest absolute Gasteiger partial charge is 0.317 e. The Bertz CT molecular complexity index is 613. The molecule has 3 rings (SSSR count). The lowest BCUT2D eigenvalue weighted by Crippen LogP contribution is -2.46. The topological polar surface area (TPSA) is 63.1 Å². The standard InChI is InChI=1S/C14H19N5OS2/c1-18-9-11(8-17-18)12-10-21-7-5-19(12)14(20)16-3-2-13-15-4-6-22-13/h4,6,8-9,12H,2-3,5,7,10H2,1H3,(H,16,20). The van der Waals surface area contributed by atoms with Crippen molar-refractivity contribution in [3.63, 3.8) is 0 Å². The zero-order valence-electron chi connectivity index (χ0n) is 12.4. The third-order valence-corrected chi connectivity index (χ3v) is 5.46. The van der Waals surface area contributed by atoms with Crippen LogP contribution in [0.4, 0.5) is 4.79 Å². The molecule has 0 aromatic carbocycles. The molecule has 2 aromatic heterocycles. The molecule has 0 bridgehead atoms. The number of aromatic nitrogens is 3. The van der Waals surface area contributed by atoms with Gasteiger partial charge in [0, 0.05) is 61.4 Å². The molecule has 6 nitrogen and oxygen atoms in total. The fourth-order valence-corrected chi connectivity index (χ4v) is 4.20. The van der Waals surface area contributed by atoms with E-state index < -0.39 is 0 Å². The molecule has 0 radical (unpaired) electrons. The van der Waals surface area contributed by atoms with Gasteiger partial charge in [-0.25, -0.2) is 9.78 Å². The normalized spacial score (nSPS) is 18.4. The van der Waals surface area contributed by atoms with Crippen LogP contribution in [0.15, 0.2) is 24.0 Å². The highest BCUT2D eigenvalue weighted by molar-refractivity contribution is 7.99. The Balaban J connectivity index is 1.59. The van der Waals surface area contributed by atoms with Crippen LogP contribution in [0.5, 0.6) is 0 Å². The van der Waals surface area contributed by atoms with Crippen LogP contribution in [0.3, 0.4) is 0 Å². The second kappa shape index (κ2) is 7.15. The Labute approximate surface area is 137 Å². The van der Waals surface area contributed by atoms with Crippen LogP contribution in [-0.4, -0.2) is 50.3 Å². The van der Waals surface area contributed by atoms with Crippen LogP contribution in [0.1, 0.15) is 16.6 Å². The summed E-state index contributed by atoms with van der Waals surface area (Å²) in [5, 5.41) is 10.2. The lowest BCUT2D eigenvalue weighted by atomic mass is 10.1. The first-order valence-corrected chi connectivity index (χ1v) is 9.26. The number of urea groups is 1. The third-order valence-electron chi connectivity index (χ3n) is 3.60. The Morgan fingerprint density at radius 1 is 1.55 bits per heavy atom. The Hall–Kier alpha value is -1.54. The fourth-order valence-electron chi connectivity index (χ4n) is 2.49. The maximum absolute atomic E-state index is 12.5. The van der Waals surface area contributed by atoms with Crippen molar-refractivity contribution in [1.29, 1.82) is 0 Å². The second-order valence-electron chi connectivity index (χ2n) is 5.14. The van der Waals surface area contributed by atoms with Gasteiger partial charge in [-0.1, -0.05) is 0 Å². The quantitative estimate of drug-likeness (QED) is 0.926. The molecule has 118 valence electrons. The average Bonchev–Trinajstić information content (AvgIpc) is 3.19. The molecule has 3 heterocycles. The van der Waals surface area contributed by atoms with E-state index in [1.165, 1.54) is 0 Å². The number of hydrogen-bond donors (Lipinski definition) is 1. The first-order chi connectivity index (χ1) is 10.7. The molecule has 0 spiro atoms. The van der Waals surface area contributed by atoms with Gasteiger partial charge in [0.2, 0.25) is 0 Å². The first kappa shape index (κ1) is 15.4. The van der Waals surface area contributed by atoms with Crippen LogP contribution in [0.2, 0.25) is 0 Å². The van der Waals surface area contributed by atoms with Crippen LogP contribution < -0.4 is 5.32 Å². The second-order valence-corrected chi connectivity index (χ2v) is 7.27. The van der Waals surface area contributed by atoms with E-state index in [2.05, 4.69) is 15.4 Å². The number of thiazole rings is 1. The zero-order valence-corrected chi connectivity index (χ0v) is 14.1. The van der Waals surface area contributed by atoms with Gasteiger partial charge in [0.1, 0.15) is 0 Å². The summed E-state index contributed by atoms with van der Waals surface area (Å²) < 4.78 is 1.78. The number of carbonyl (C=O) groups is 1. The highest BCUT2D eigenvalue weighted by Crippen LogP contribution is 2.29. The number of carbonyl (C=O) groups excluding carboxylic acids is 1. The number of nitrogens with one attached hydrogen (secondary N) is 1. The Morgan fingerprint density at radius 3 is 3.18 bits per heavy atom. The first-order valence-electron chi connectivity index (χ1n) is 7.23. The van der Waals surface area contributed by atoms with Crippen LogP contribution in [0, 0.1) is 0 Å². The van der Waals surface area contributed by atoms with Crippen molar-refractivity contribution >= 4 is 29.1 Å². The minimum atomic E-state index is 0.00529. The SMILES string of the molecule is Cn1cc(C2CSCCN2C(=O)NCCc2nccs2)cn1. The summed E-state index contributed by atoms with van der Waals surface area (Å²) in [6, 6.07) is 0.109. The molecule has 1 saturated heterocycles. The van der Waals surface area contributed by atoms with Gasteiger partial charge in [-0.2, -0.15) is 16.9 Å². The van der Waals surface area contributed by atoms with Crippen molar-refractivity contribution in [1.82, 2.24) is 25.0 Å². The molecule has 0 saturated carbocycles. The lowest BCUT2D eigenvalue weighted by molar-refractivity contribution is 0.183. The largest absolute Gasteiger partial charge is 0.338 e. The molecular weight excluding hydrogens is 318 g/mol. The molecule has 1 fully saturated rings. The Kier molecular flexibility index (Phi) is 4.99. The highest BCUT2D eigenvalue weighted by atomic mass is 32.2. The van der Waals surface area contributed by atoms with Crippen molar-refractivity contribution in [2.45, 2.75) is 12.5 Å². The predicted octanol–water partition coefficient (Wildman–Crippen LogP) is 1.92. The van der Waals surface area contributed by atoms with Gasteiger partial charge in [0.05, 0.1) is 17.2 Å². The summed E-state index contributed by atoms with van der Waals surface area (Å²) in [7, 11) is 1.90.